The Labute approximate surface area is 168 Å². The van der Waals surface area contributed by atoms with Gasteiger partial charge in [0.05, 0.1) is 17.2 Å². The van der Waals surface area contributed by atoms with Gasteiger partial charge >= 0.3 is 0 Å². The first-order valence-corrected chi connectivity index (χ1v) is 9.79. The molecule has 2 fully saturated rings. The standard InChI is InChI=1S/C20H24N4O5/c1-29-13-7-12(9-21-10-13)22-8-11-2-3-14-15(6-11)20(28)24(19(14)27)16-4-5-17(25)23-18(16)26/h2-3,6,12-13,16,21-22H,4-5,7-10H2,1H3,(H,23,25,26)/t12-,13-,16?/m0/s1. The van der Waals surface area contributed by atoms with E-state index in [4.69, 9.17) is 4.74 Å². The number of nitrogens with one attached hydrogen (secondary N) is 3. The molecule has 3 atom stereocenters. The summed E-state index contributed by atoms with van der Waals surface area (Å²) in [5.41, 5.74) is 1.48. The fourth-order valence-electron chi connectivity index (χ4n) is 4.13. The summed E-state index contributed by atoms with van der Waals surface area (Å²) in [6.07, 6.45) is 1.33. The number of amides is 4. The average Bonchev–Trinajstić information content (AvgIpc) is 2.97. The first-order chi connectivity index (χ1) is 14.0. The Hall–Kier alpha value is -2.62. The largest absolute Gasteiger partial charge is 0.380 e. The van der Waals surface area contributed by atoms with E-state index in [0.717, 1.165) is 30.0 Å². The van der Waals surface area contributed by atoms with Crippen LogP contribution in [-0.4, -0.2) is 66.9 Å². The first-order valence-electron chi connectivity index (χ1n) is 9.79. The van der Waals surface area contributed by atoms with E-state index in [0.29, 0.717) is 17.7 Å². The molecule has 9 nitrogen and oxygen atoms in total. The van der Waals surface area contributed by atoms with E-state index < -0.39 is 23.8 Å². The monoisotopic (exact) mass is 400 g/mol. The van der Waals surface area contributed by atoms with Crippen molar-refractivity contribution in [1.82, 2.24) is 20.9 Å². The van der Waals surface area contributed by atoms with Crippen LogP contribution in [0, 0.1) is 0 Å². The maximum absolute atomic E-state index is 12.9. The average molecular weight is 400 g/mol. The predicted octanol–water partition coefficient (Wildman–Crippen LogP) is -0.446. The van der Waals surface area contributed by atoms with Crippen molar-refractivity contribution in [2.45, 2.75) is 44.0 Å². The molecule has 154 valence electrons. The van der Waals surface area contributed by atoms with Gasteiger partial charge in [-0.15, -0.1) is 0 Å². The smallest absolute Gasteiger partial charge is 0.262 e. The number of methoxy groups -OCH3 is 1. The van der Waals surface area contributed by atoms with Crippen molar-refractivity contribution in [3.8, 4) is 0 Å². The summed E-state index contributed by atoms with van der Waals surface area (Å²) in [5, 5.41) is 8.97. The molecule has 4 rings (SSSR count). The second-order valence-corrected chi connectivity index (χ2v) is 7.66. The summed E-state index contributed by atoms with van der Waals surface area (Å²) in [5.74, 6) is -1.96. The SMILES string of the molecule is CO[C@@H]1CNC[C@@H](NCc2ccc3c(c2)C(=O)N(C2CCC(=O)NC2=O)C3=O)C1. The van der Waals surface area contributed by atoms with E-state index in [1.165, 1.54) is 0 Å². The second kappa shape index (κ2) is 8.02. The lowest BCUT2D eigenvalue weighted by Crippen LogP contribution is -2.54. The van der Waals surface area contributed by atoms with E-state index in [1.54, 1.807) is 19.2 Å². The maximum Gasteiger partial charge on any atom is 0.262 e. The molecule has 1 unspecified atom stereocenters. The quantitative estimate of drug-likeness (QED) is 0.574. The number of carbonyl (C=O) groups excluding carboxylic acids is 4. The van der Waals surface area contributed by atoms with Crippen LogP contribution in [0.3, 0.4) is 0 Å². The third-order valence-corrected chi connectivity index (χ3v) is 5.74. The Morgan fingerprint density at radius 1 is 1.14 bits per heavy atom. The van der Waals surface area contributed by atoms with Crippen LogP contribution in [-0.2, 0) is 20.9 Å². The number of ether oxygens (including phenoxy) is 1. The maximum atomic E-state index is 12.9. The van der Waals surface area contributed by atoms with Crippen molar-refractivity contribution in [2.75, 3.05) is 20.2 Å². The molecular formula is C20H24N4O5. The molecule has 0 radical (unpaired) electrons. The van der Waals surface area contributed by atoms with Crippen molar-refractivity contribution in [1.29, 1.82) is 0 Å². The van der Waals surface area contributed by atoms with Crippen molar-refractivity contribution >= 4 is 23.6 Å². The number of fused-ring (bicyclic) bond motifs is 1. The van der Waals surface area contributed by atoms with E-state index in [1.807, 2.05) is 6.07 Å². The topological polar surface area (TPSA) is 117 Å². The van der Waals surface area contributed by atoms with Crippen LogP contribution < -0.4 is 16.0 Å². The van der Waals surface area contributed by atoms with Gasteiger partial charge in [-0.05, 0) is 30.5 Å². The number of rotatable bonds is 5. The van der Waals surface area contributed by atoms with Crippen LogP contribution >= 0.6 is 0 Å². The van der Waals surface area contributed by atoms with E-state index in [-0.39, 0.29) is 30.9 Å². The molecule has 0 bridgehead atoms. The summed E-state index contributed by atoms with van der Waals surface area (Å²) in [6, 6.07) is 4.46. The predicted molar refractivity (Wildman–Crippen MR) is 102 cm³/mol. The molecule has 0 aromatic heterocycles. The van der Waals surface area contributed by atoms with Gasteiger partial charge in [0.1, 0.15) is 6.04 Å². The highest BCUT2D eigenvalue weighted by molar-refractivity contribution is 6.23. The molecule has 0 aliphatic carbocycles. The fourth-order valence-corrected chi connectivity index (χ4v) is 4.13. The first kappa shape index (κ1) is 19.7. The lowest BCUT2D eigenvalue weighted by atomic mass is 10.0. The molecule has 3 N–H and O–H groups in total. The van der Waals surface area contributed by atoms with Gasteiger partial charge in [-0.2, -0.15) is 0 Å². The van der Waals surface area contributed by atoms with Gasteiger partial charge in [-0.3, -0.25) is 29.4 Å². The van der Waals surface area contributed by atoms with Crippen molar-refractivity contribution in [3.63, 3.8) is 0 Å². The van der Waals surface area contributed by atoms with Gasteiger partial charge in [0, 0.05) is 39.2 Å². The highest BCUT2D eigenvalue weighted by Crippen LogP contribution is 2.28. The van der Waals surface area contributed by atoms with Crippen LogP contribution in [0.5, 0.6) is 0 Å². The summed E-state index contributed by atoms with van der Waals surface area (Å²) >= 11 is 0. The zero-order chi connectivity index (χ0) is 20.5. The molecule has 1 aromatic carbocycles. The lowest BCUT2D eigenvalue weighted by molar-refractivity contribution is -0.136. The van der Waals surface area contributed by atoms with Gasteiger partial charge in [0.25, 0.3) is 11.8 Å². The molecule has 4 amide bonds. The van der Waals surface area contributed by atoms with Gasteiger partial charge in [0.2, 0.25) is 11.8 Å². The Morgan fingerprint density at radius 2 is 1.93 bits per heavy atom. The third kappa shape index (κ3) is 3.81. The van der Waals surface area contributed by atoms with E-state index in [2.05, 4.69) is 16.0 Å². The fraction of sp³-hybridized carbons (Fsp3) is 0.500. The molecule has 0 spiro atoms. The number of nitrogens with zero attached hydrogens (tertiary/aromatic N) is 1. The molecule has 3 aliphatic heterocycles. The van der Waals surface area contributed by atoms with Crippen molar-refractivity contribution < 1.29 is 23.9 Å². The minimum atomic E-state index is -0.944. The Morgan fingerprint density at radius 3 is 2.69 bits per heavy atom. The van der Waals surface area contributed by atoms with Crippen LogP contribution in [0.15, 0.2) is 18.2 Å². The zero-order valence-corrected chi connectivity index (χ0v) is 16.2. The zero-order valence-electron chi connectivity index (χ0n) is 16.2. The summed E-state index contributed by atoms with van der Waals surface area (Å²) < 4.78 is 5.40. The van der Waals surface area contributed by atoms with Crippen LogP contribution in [0.25, 0.3) is 0 Å². The molecule has 9 heteroatoms. The third-order valence-electron chi connectivity index (χ3n) is 5.74. The number of imide groups is 2. The van der Waals surface area contributed by atoms with Crippen LogP contribution in [0.2, 0.25) is 0 Å². The summed E-state index contributed by atoms with van der Waals surface area (Å²) in [6.45, 7) is 2.22. The number of hydrogen-bond acceptors (Lipinski definition) is 7. The van der Waals surface area contributed by atoms with Gasteiger partial charge in [-0.1, -0.05) is 6.07 Å². The minimum absolute atomic E-state index is 0.108. The normalized spacial score (nSPS) is 27.2. The highest BCUT2D eigenvalue weighted by Gasteiger charge is 2.44. The molecule has 3 aliphatic rings. The van der Waals surface area contributed by atoms with Crippen LogP contribution in [0.1, 0.15) is 45.5 Å². The molecule has 2 saturated heterocycles. The van der Waals surface area contributed by atoms with Gasteiger partial charge in [0.15, 0.2) is 0 Å². The number of carbonyl (C=O) groups is 4. The Balaban J connectivity index is 1.46. The van der Waals surface area contributed by atoms with E-state index >= 15 is 0 Å². The Kier molecular flexibility index (Phi) is 5.44. The molecule has 29 heavy (non-hydrogen) atoms. The highest BCUT2D eigenvalue weighted by atomic mass is 16.5. The molecule has 0 saturated carbocycles. The number of hydrogen-bond donors (Lipinski definition) is 3. The lowest BCUT2D eigenvalue weighted by Gasteiger charge is -2.29. The molecular weight excluding hydrogens is 376 g/mol. The Bertz CT molecular complexity index is 870. The minimum Gasteiger partial charge on any atom is -0.380 e. The number of piperidine rings is 2. The summed E-state index contributed by atoms with van der Waals surface area (Å²) in [4.78, 5) is 50.1. The second-order valence-electron chi connectivity index (χ2n) is 7.66. The van der Waals surface area contributed by atoms with Crippen LogP contribution in [0.4, 0.5) is 0 Å². The van der Waals surface area contributed by atoms with Crippen molar-refractivity contribution in [2.24, 2.45) is 0 Å². The van der Waals surface area contributed by atoms with Crippen molar-refractivity contribution in [3.05, 3.63) is 34.9 Å². The van der Waals surface area contributed by atoms with E-state index in [9.17, 15) is 19.2 Å². The summed E-state index contributed by atoms with van der Waals surface area (Å²) in [7, 11) is 1.70. The molecule has 1 aromatic rings. The van der Waals surface area contributed by atoms with Gasteiger partial charge in [-0.25, -0.2) is 0 Å². The molecule has 3 heterocycles. The van der Waals surface area contributed by atoms with Gasteiger partial charge < -0.3 is 15.4 Å². The number of benzene rings is 1.